The molecule has 6 heteroatoms. The van der Waals surface area contributed by atoms with Crippen molar-refractivity contribution < 1.29 is 14.3 Å². The number of aromatic nitrogens is 3. The molecule has 0 aliphatic rings. The summed E-state index contributed by atoms with van der Waals surface area (Å²) in [5.41, 5.74) is 2.74. The maximum atomic E-state index is 11.6. The van der Waals surface area contributed by atoms with Gasteiger partial charge in [-0.15, -0.1) is 0 Å². The Labute approximate surface area is 121 Å². The number of aryl methyl sites for hydroxylation is 1. The average Bonchev–Trinajstić information content (AvgIpc) is 2.88. The normalized spacial score (nSPS) is 11.0. The second-order valence-electron chi connectivity index (χ2n) is 4.63. The lowest BCUT2D eigenvalue weighted by Crippen LogP contribution is -2.04. The number of hydrogen-bond donors (Lipinski definition) is 0. The van der Waals surface area contributed by atoms with E-state index in [1.165, 1.54) is 7.11 Å². The van der Waals surface area contributed by atoms with Gasteiger partial charge in [0.1, 0.15) is 0 Å². The number of fused-ring (bicyclic) bond motifs is 3. The minimum atomic E-state index is -0.393. The lowest BCUT2D eigenvalue weighted by Gasteiger charge is -2.08. The van der Waals surface area contributed by atoms with Gasteiger partial charge < -0.3 is 9.47 Å². The standard InChI is InChI=1S/C15H15N3O3/c1-4-21-15-17-12-7-10(14(19)20-3)5-6-11(12)13-16-9(2)8-18(13)15/h5-8H,4H2,1-3H3. The van der Waals surface area contributed by atoms with E-state index in [1.54, 1.807) is 12.1 Å². The van der Waals surface area contributed by atoms with E-state index >= 15 is 0 Å². The first kappa shape index (κ1) is 13.4. The molecule has 0 unspecified atom stereocenters. The SMILES string of the molecule is CCOc1nc2cc(C(=O)OC)ccc2c2nc(C)cn12. The molecule has 108 valence electrons. The molecule has 0 spiro atoms. The van der Waals surface area contributed by atoms with Gasteiger partial charge in [-0.1, -0.05) is 0 Å². The summed E-state index contributed by atoms with van der Waals surface area (Å²) in [5.74, 6) is -0.393. The third-order valence-electron chi connectivity index (χ3n) is 3.18. The van der Waals surface area contributed by atoms with Crippen LogP contribution < -0.4 is 4.74 Å². The van der Waals surface area contributed by atoms with Crippen molar-refractivity contribution in [1.82, 2.24) is 14.4 Å². The van der Waals surface area contributed by atoms with Gasteiger partial charge in [-0.2, -0.15) is 4.98 Å². The molecule has 0 aliphatic heterocycles. The van der Waals surface area contributed by atoms with E-state index < -0.39 is 5.97 Å². The van der Waals surface area contributed by atoms with Gasteiger partial charge in [0.15, 0.2) is 5.65 Å². The number of imidazole rings is 1. The number of ether oxygens (including phenoxy) is 2. The van der Waals surface area contributed by atoms with Crippen molar-refractivity contribution in [2.75, 3.05) is 13.7 Å². The van der Waals surface area contributed by atoms with Crippen LogP contribution in [0.15, 0.2) is 24.4 Å². The second kappa shape index (κ2) is 5.05. The lowest BCUT2D eigenvalue weighted by atomic mass is 10.1. The molecule has 0 amide bonds. The zero-order chi connectivity index (χ0) is 15.0. The molecule has 0 bridgehead atoms. The molecule has 0 radical (unpaired) electrons. The molecule has 2 heterocycles. The smallest absolute Gasteiger partial charge is 0.337 e. The van der Waals surface area contributed by atoms with Gasteiger partial charge in [0.2, 0.25) is 0 Å². The number of methoxy groups -OCH3 is 1. The van der Waals surface area contributed by atoms with Gasteiger partial charge in [-0.3, -0.25) is 4.40 Å². The number of carbonyl (C=O) groups excluding carboxylic acids is 1. The summed E-state index contributed by atoms with van der Waals surface area (Å²) in [6.45, 7) is 4.31. The number of nitrogens with zero attached hydrogens (tertiary/aromatic N) is 3. The Morgan fingerprint density at radius 2 is 2.14 bits per heavy atom. The molecule has 3 aromatic rings. The summed E-state index contributed by atoms with van der Waals surface area (Å²) in [7, 11) is 1.35. The number of hydrogen-bond acceptors (Lipinski definition) is 5. The third kappa shape index (κ3) is 2.18. The Kier molecular flexibility index (Phi) is 3.21. The summed E-state index contributed by atoms with van der Waals surface area (Å²) in [4.78, 5) is 20.6. The van der Waals surface area contributed by atoms with Crippen LogP contribution in [0.25, 0.3) is 16.6 Å². The second-order valence-corrected chi connectivity index (χ2v) is 4.63. The molecule has 2 aromatic heterocycles. The van der Waals surface area contributed by atoms with Crippen molar-refractivity contribution in [2.45, 2.75) is 13.8 Å². The fraction of sp³-hybridized carbons (Fsp3) is 0.267. The van der Waals surface area contributed by atoms with Crippen LogP contribution in [0.1, 0.15) is 23.0 Å². The van der Waals surface area contributed by atoms with Crippen LogP contribution in [0.2, 0.25) is 0 Å². The Hall–Kier alpha value is -2.63. The predicted octanol–water partition coefficient (Wildman–Crippen LogP) is 2.38. The highest BCUT2D eigenvalue weighted by Gasteiger charge is 2.14. The van der Waals surface area contributed by atoms with Gasteiger partial charge in [-0.25, -0.2) is 9.78 Å². The lowest BCUT2D eigenvalue weighted by molar-refractivity contribution is 0.0601. The number of carbonyl (C=O) groups is 1. The first-order valence-corrected chi connectivity index (χ1v) is 6.64. The minimum absolute atomic E-state index is 0.393. The Morgan fingerprint density at radius 1 is 1.33 bits per heavy atom. The van der Waals surface area contributed by atoms with E-state index in [2.05, 4.69) is 9.97 Å². The van der Waals surface area contributed by atoms with Gasteiger partial charge >= 0.3 is 12.0 Å². The largest absolute Gasteiger partial charge is 0.465 e. The van der Waals surface area contributed by atoms with Crippen molar-refractivity contribution >= 4 is 22.5 Å². The Morgan fingerprint density at radius 3 is 2.86 bits per heavy atom. The first-order chi connectivity index (χ1) is 10.1. The molecule has 0 atom stereocenters. The van der Waals surface area contributed by atoms with Crippen LogP contribution in [-0.2, 0) is 4.74 Å². The van der Waals surface area contributed by atoms with Gasteiger partial charge in [0.05, 0.1) is 30.5 Å². The highest BCUT2D eigenvalue weighted by molar-refractivity contribution is 5.98. The Balaban J connectivity index is 2.31. The number of benzene rings is 1. The van der Waals surface area contributed by atoms with Crippen molar-refractivity contribution in [3.63, 3.8) is 0 Å². The molecular weight excluding hydrogens is 270 g/mol. The zero-order valence-electron chi connectivity index (χ0n) is 12.1. The minimum Gasteiger partial charge on any atom is -0.465 e. The molecule has 0 N–H and O–H groups in total. The van der Waals surface area contributed by atoms with E-state index in [9.17, 15) is 4.79 Å². The van der Waals surface area contributed by atoms with Crippen LogP contribution in [-0.4, -0.2) is 34.1 Å². The topological polar surface area (TPSA) is 65.7 Å². The van der Waals surface area contributed by atoms with Crippen molar-refractivity contribution in [1.29, 1.82) is 0 Å². The highest BCUT2D eigenvalue weighted by Crippen LogP contribution is 2.24. The average molecular weight is 285 g/mol. The van der Waals surface area contributed by atoms with Gasteiger partial charge in [0.25, 0.3) is 0 Å². The fourth-order valence-electron chi connectivity index (χ4n) is 2.28. The van der Waals surface area contributed by atoms with Crippen LogP contribution in [0, 0.1) is 6.92 Å². The number of rotatable bonds is 3. The summed E-state index contributed by atoms with van der Waals surface area (Å²) in [6.07, 6.45) is 1.88. The number of esters is 1. The predicted molar refractivity (Wildman–Crippen MR) is 77.7 cm³/mol. The fourth-order valence-corrected chi connectivity index (χ4v) is 2.28. The van der Waals surface area contributed by atoms with Crippen LogP contribution in [0.4, 0.5) is 0 Å². The molecule has 6 nitrogen and oxygen atoms in total. The quantitative estimate of drug-likeness (QED) is 0.691. The van der Waals surface area contributed by atoms with E-state index in [1.807, 2.05) is 30.5 Å². The van der Waals surface area contributed by atoms with Crippen LogP contribution in [0.3, 0.4) is 0 Å². The highest BCUT2D eigenvalue weighted by atomic mass is 16.5. The van der Waals surface area contributed by atoms with E-state index in [-0.39, 0.29) is 0 Å². The summed E-state index contributed by atoms with van der Waals surface area (Å²) < 4.78 is 12.1. The molecule has 0 aliphatic carbocycles. The van der Waals surface area contributed by atoms with Crippen molar-refractivity contribution in [3.8, 4) is 6.01 Å². The maximum Gasteiger partial charge on any atom is 0.337 e. The summed E-state index contributed by atoms with van der Waals surface area (Å²) >= 11 is 0. The van der Waals surface area contributed by atoms with Crippen molar-refractivity contribution in [2.24, 2.45) is 0 Å². The van der Waals surface area contributed by atoms with Crippen molar-refractivity contribution in [3.05, 3.63) is 35.7 Å². The molecule has 0 saturated heterocycles. The third-order valence-corrected chi connectivity index (χ3v) is 3.18. The summed E-state index contributed by atoms with van der Waals surface area (Å²) in [5, 5.41) is 0.860. The first-order valence-electron chi connectivity index (χ1n) is 6.64. The molecule has 3 rings (SSSR count). The monoisotopic (exact) mass is 285 g/mol. The molecule has 21 heavy (non-hydrogen) atoms. The molecule has 0 saturated carbocycles. The maximum absolute atomic E-state index is 11.6. The zero-order valence-corrected chi connectivity index (χ0v) is 12.1. The molecule has 1 aromatic carbocycles. The van der Waals surface area contributed by atoms with Crippen LogP contribution >= 0.6 is 0 Å². The summed E-state index contributed by atoms with van der Waals surface area (Å²) in [6, 6.07) is 5.68. The van der Waals surface area contributed by atoms with Gasteiger partial charge in [0, 0.05) is 11.6 Å². The van der Waals surface area contributed by atoms with E-state index in [0.29, 0.717) is 23.7 Å². The Bertz CT molecular complexity index is 839. The van der Waals surface area contributed by atoms with E-state index in [0.717, 1.165) is 16.7 Å². The van der Waals surface area contributed by atoms with E-state index in [4.69, 9.17) is 9.47 Å². The van der Waals surface area contributed by atoms with Crippen LogP contribution in [0.5, 0.6) is 6.01 Å². The van der Waals surface area contributed by atoms with Gasteiger partial charge in [-0.05, 0) is 32.0 Å². The molecule has 0 fully saturated rings. The molecular formula is C15H15N3O3.